The van der Waals surface area contributed by atoms with Crippen molar-refractivity contribution < 1.29 is 23.7 Å². The fourth-order valence-electron chi connectivity index (χ4n) is 2.94. The number of ketones is 1. The van der Waals surface area contributed by atoms with Crippen molar-refractivity contribution in [1.82, 2.24) is 0 Å². The molecule has 25 heavy (non-hydrogen) atoms. The number of para-hydroxylation sites is 1. The number of methoxy groups -OCH3 is 3. The molecular formula is C20H20O5. The Morgan fingerprint density at radius 2 is 1.76 bits per heavy atom. The van der Waals surface area contributed by atoms with E-state index in [1.165, 1.54) is 0 Å². The van der Waals surface area contributed by atoms with Gasteiger partial charge in [0.1, 0.15) is 12.4 Å². The molecule has 0 aliphatic carbocycles. The minimum absolute atomic E-state index is 0.0400. The highest BCUT2D eigenvalue weighted by Gasteiger charge is 2.25. The smallest absolute Gasteiger partial charge is 0.203 e. The Bertz CT molecular complexity index is 851. The van der Waals surface area contributed by atoms with E-state index in [9.17, 15) is 4.79 Å². The molecule has 130 valence electrons. The van der Waals surface area contributed by atoms with Crippen molar-refractivity contribution in [2.24, 2.45) is 0 Å². The molecule has 3 rings (SSSR count). The summed E-state index contributed by atoms with van der Waals surface area (Å²) in [6.45, 7) is 2.15. The zero-order valence-corrected chi connectivity index (χ0v) is 14.7. The third kappa shape index (κ3) is 2.93. The predicted octanol–water partition coefficient (Wildman–Crippen LogP) is 3.68. The predicted molar refractivity (Wildman–Crippen MR) is 95.1 cm³/mol. The van der Waals surface area contributed by atoms with Crippen LogP contribution >= 0.6 is 0 Å². The average Bonchev–Trinajstić information content (AvgIpc) is 2.63. The molecule has 0 unspecified atom stereocenters. The minimum atomic E-state index is -0.0400. The number of hydrogen-bond acceptors (Lipinski definition) is 5. The van der Waals surface area contributed by atoms with Gasteiger partial charge in [0.15, 0.2) is 17.3 Å². The fraction of sp³-hybridized carbons (Fsp3) is 0.250. The lowest BCUT2D eigenvalue weighted by molar-refractivity contribution is 0.100. The van der Waals surface area contributed by atoms with Crippen LogP contribution in [0.5, 0.6) is 23.0 Å². The first-order chi connectivity index (χ1) is 12.1. The highest BCUT2D eigenvalue weighted by Crippen LogP contribution is 2.41. The molecule has 0 radical (unpaired) electrons. The number of rotatable bonds is 4. The number of carbonyl (C=O) groups excluding carboxylic acids is 1. The summed E-state index contributed by atoms with van der Waals surface area (Å²) in [6, 6.07) is 9.17. The standard InChI is InChI=1S/C20H20O5/c1-12-6-5-7-15-17(21)14(11-25-18(12)15)10-13-8-9-16(22-2)20(24-4)19(13)23-3/h5-10H,11H2,1-4H3. The third-order valence-electron chi connectivity index (χ3n) is 4.18. The Morgan fingerprint density at radius 3 is 2.44 bits per heavy atom. The summed E-state index contributed by atoms with van der Waals surface area (Å²) in [5.41, 5.74) is 2.82. The largest absolute Gasteiger partial charge is 0.493 e. The first-order valence-corrected chi connectivity index (χ1v) is 7.87. The average molecular weight is 340 g/mol. The van der Waals surface area contributed by atoms with Gasteiger partial charge in [-0.15, -0.1) is 0 Å². The van der Waals surface area contributed by atoms with Crippen molar-refractivity contribution in [3.63, 3.8) is 0 Å². The summed E-state index contributed by atoms with van der Waals surface area (Å²) in [7, 11) is 4.66. The van der Waals surface area contributed by atoms with E-state index in [1.807, 2.05) is 25.1 Å². The number of carbonyl (C=O) groups is 1. The number of fused-ring (bicyclic) bond motifs is 1. The van der Waals surface area contributed by atoms with Crippen LogP contribution in [0.3, 0.4) is 0 Å². The number of aryl methyl sites for hydroxylation is 1. The molecule has 1 aliphatic heterocycles. The molecule has 5 nitrogen and oxygen atoms in total. The summed E-state index contributed by atoms with van der Waals surface area (Å²) in [6.07, 6.45) is 1.77. The molecule has 1 heterocycles. The van der Waals surface area contributed by atoms with Crippen LogP contribution in [0.2, 0.25) is 0 Å². The molecule has 0 atom stereocenters. The Hall–Kier alpha value is -2.95. The quantitative estimate of drug-likeness (QED) is 0.795. The van der Waals surface area contributed by atoms with Crippen LogP contribution in [-0.2, 0) is 0 Å². The van der Waals surface area contributed by atoms with E-state index in [2.05, 4.69) is 0 Å². The molecule has 2 aromatic carbocycles. The molecule has 1 aliphatic rings. The van der Waals surface area contributed by atoms with Gasteiger partial charge in [0.25, 0.3) is 0 Å². The number of ether oxygens (including phenoxy) is 4. The summed E-state index contributed by atoms with van der Waals surface area (Å²) < 4.78 is 22.0. The van der Waals surface area contributed by atoms with Crippen LogP contribution in [0.1, 0.15) is 21.5 Å². The molecule has 0 aromatic heterocycles. The van der Waals surface area contributed by atoms with E-state index in [1.54, 1.807) is 39.5 Å². The second-order valence-electron chi connectivity index (χ2n) is 5.66. The molecular weight excluding hydrogens is 320 g/mol. The van der Waals surface area contributed by atoms with E-state index in [0.717, 1.165) is 11.1 Å². The Labute approximate surface area is 146 Å². The van der Waals surface area contributed by atoms with Gasteiger partial charge in [0.2, 0.25) is 5.75 Å². The van der Waals surface area contributed by atoms with Crippen molar-refractivity contribution in [1.29, 1.82) is 0 Å². The molecule has 0 fully saturated rings. The first-order valence-electron chi connectivity index (χ1n) is 7.87. The lowest BCUT2D eigenvalue weighted by atomic mass is 9.96. The molecule has 0 spiro atoms. The summed E-state index contributed by atoms with van der Waals surface area (Å²) >= 11 is 0. The number of benzene rings is 2. The number of Topliss-reactive ketones (excluding diaryl/α,β-unsaturated/α-hetero) is 1. The topological polar surface area (TPSA) is 54.0 Å². The second-order valence-corrected chi connectivity index (χ2v) is 5.66. The Kier molecular flexibility index (Phi) is 4.65. The maximum atomic E-state index is 12.8. The van der Waals surface area contributed by atoms with Crippen LogP contribution in [0, 0.1) is 6.92 Å². The Balaban J connectivity index is 2.06. The highest BCUT2D eigenvalue weighted by atomic mass is 16.5. The fourth-order valence-corrected chi connectivity index (χ4v) is 2.94. The molecule has 0 amide bonds. The molecule has 0 saturated carbocycles. The van der Waals surface area contributed by atoms with Crippen LogP contribution in [0.25, 0.3) is 6.08 Å². The normalized spacial score (nSPS) is 14.7. The van der Waals surface area contributed by atoms with Gasteiger partial charge in [0, 0.05) is 11.1 Å². The van der Waals surface area contributed by atoms with E-state index in [4.69, 9.17) is 18.9 Å². The van der Waals surface area contributed by atoms with Crippen LogP contribution < -0.4 is 18.9 Å². The van der Waals surface area contributed by atoms with Crippen molar-refractivity contribution in [3.05, 3.63) is 52.6 Å². The van der Waals surface area contributed by atoms with E-state index in [-0.39, 0.29) is 12.4 Å². The number of hydrogen-bond donors (Lipinski definition) is 0. The zero-order chi connectivity index (χ0) is 18.0. The summed E-state index contributed by atoms with van der Waals surface area (Å²) in [5.74, 6) is 2.18. The van der Waals surface area contributed by atoms with Crippen molar-refractivity contribution in [2.75, 3.05) is 27.9 Å². The monoisotopic (exact) mass is 340 g/mol. The van der Waals surface area contributed by atoms with E-state index >= 15 is 0 Å². The minimum Gasteiger partial charge on any atom is -0.493 e. The van der Waals surface area contributed by atoms with Gasteiger partial charge < -0.3 is 18.9 Å². The van der Waals surface area contributed by atoms with Gasteiger partial charge in [-0.25, -0.2) is 0 Å². The van der Waals surface area contributed by atoms with Crippen molar-refractivity contribution in [2.45, 2.75) is 6.92 Å². The third-order valence-corrected chi connectivity index (χ3v) is 4.18. The highest BCUT2D eigenvalue weighted by molar-refractivity contribution is 6.14. The lowest BCUT2D eigenvalue weighted by Crippen LogP contribution is -2.19. The van der Waals surface area contributed by atoms with E-state index < -0.39 is 0 Å². The van der Waals surface area contributed by atoms with Crippen molar-refractivity contribution in [3.8, 4) is 23.0 Å². The molecule has 0 N–H and O–H groups in total. The van der Waals surface area contributed by atoms with Gasteiger partial charge in [-0.1, -0.05) is 12.1 Å². The maximum Gasteiger partial charge on any atom is 0.203 e. The second kappa shape index (κ2) is 6.89. The van der Waals surface area contributed by atoms with Crippen LogP contribution in [0.4, 0.5) is 0 Å². The van der Waals surface area contributed by atoms with Gasteiger partial charge in [-0.3, -0.25) is 4.79 Å². The van der Waals surface area contributed by atoms with Crippen LogP contribution in [-0.4, -0.2) is 33.7 Å². The van der Waals surface area contributed by atoms with Gasteiger partial charge in [-0.05, 0) is 36.8 Å². The van der Waals surface area contributed by atoms with Gasteiger partial charge >= 0.3 is 0 Å². The Morgan fingerprint density at radius 1 is 1.00 bits per heavy atom. The van der Waals surface area contributed by atoms with Crippen molar-refractivity contribution >= 4 is 11.9 Å². The summed E-state index contributed by atoms with van der Waals surface area (Å²) in [5, 5.41) is 0. The maximum absolute atomic E-state index is 12.8. The zero-order valence-electron chi connectivity index (χ0n) is 14.7. The summed E-state index contributed by atoms with van der Waals surface area (Å²) in [4.78, 5) is 12.8. The lowest BCUT2D eigenvalue weighted by Gasteiger charge is -2.21. The van der Waals surface area contributed by atoms with Gasteiger partial charge in [-0.2, -0.15) is 0 Å². The van der Waals surface area contributed by atoms with Gasteiger partial charge in [0.05, 0.1) is 26.9 Å². The molecule has 2 aromatic rings. The molecule has 0 saturated heterocycles. The SMILES string of the molecule is COc1ccc(C=C2COc3c(C)cccc3C2=O)c(OC)c1OC. The molecule has 5 heteroatoms. The van der Waals surface area contributed by atoms with Crippen LogP contribution in [0.15, 0.2) is 35.9 Å². The van der Waals surface area contributed by atoms with E-state index in [0.29, 0.717) is 34.1 Å². The molecule has 0 bridgehead atoms. The first kappa shape index (κ1) is 16.9.